The van der Waals surface area contributed by atoms with Gasteiger partial charge in [-0.05, 0) is 5.41 Å². The highest BCUT2D eigenvalue weighted by Crippen LogP contribution is 2.62. The number of ketones is 1. The van der Waals surface area contributed by atoms with Crippen LogP contribution in [-0.2, 0) is 4.79 Å². The molecule has 0 aromatic carbocycles. The maximum atomic E-state index is 11.6. The molecule has 11 heavy (non-hydrogen) atoms. The fourth-order valence-corrected chi connectivity index (χ4v) is 4.18. The van der Waals surface area contributed by atoms with Gasteiger partial charge in [-0.15, -0.1) is 0 Å². The molecule has 2 atom stereocenters. The van der Waals surface area contributed by atoms with Crippen molar-refractivity contribution >= 4 is 17.5 Å². The molecule has 0 aromatic heterocycles. The molecule has 2 aliphatic rings. The number of thioether (sulfide) groups is 1. The monoisotopic (exact) mass is 170 g/mol. The summed E-state index contributed by atoms with van der Waals surface area (Å²) in [4.78, 5) is 11.6. The van der Waals surface area contributed by atoms with Crippen LogP contribution in [0.3, 0.4) is 0 Å². The first-order chi connectivity index (χ1) is 4.98. The first-order valence-corrected chi connectivity index (χ1v) is 5.18. The van der Waals surface area contributed by atoms with Crippen molar-refractivity contribution in [3.8, 4) is 0 Å². The summed E-state index contributed by atoms with van der Waals surface area (Å²) in [5.41, 5.74) is 0.233. The minimum absolute atomic E-state index is 0.0116. The van der Waals surface area contributed by atoms with Gasteiger partial charge in [-0.3, -0.25) is 4.79 Å². The van der Waals surface area contributed by atoms with Crippen LogP contribution < -0.4 is 0 Å². The van der Waals surface area contributed by atoms with Crippen molar-refractivity contribution in [1.82, 2.24) is 0 Å². The highest BCUT2D eigenvalue weighted by molar-refractivity contribution is 8.00. The Morgan fingerprint density at radius 1 is 1.45 bits per heavy atom. The zero-order chi connectivity index (χ0) is 8.28. The molecule has 1 aliphatic carbocycles. The van der Waals surface area contributed by atoms with E-state index in [4.69, 9.17) is 0 Å². The Morgan fingerprint density at radius 3 is 2.27 bits per heavy atom. The number of carbonyl (C=O) groups excluding carboxylic acids is 1. The fourth-order valence-electron chi connectivity index (χ4n) is 2.16. The molecule has 2 unspecified atom stereocenters. The Hall–Kier alpha value is 0.0200. The Kier molecular flexibility index (Phi) is 1.28. The lowest BCUT2D eigenvalue weighted by Crippen LogP contribution is -2.35. The van der Waals surface area contributed by atoms with Crippen molar-refractivity contribution in [2.75, 3.05) is 5.75 Å². The second kappa shape index (κ2) is 1.85. The second-order valence-electron chi connectivity index (χ2n) is 4.48. The van der Waals surface area contributed by atoms with Crippen LogP contribution in [0.2, 0.25) is 0 Å². The average molecular weight is 170 g/mol. The van der Waals surface area contributed by atoms with E-state index < -0.39 is 0 Å². The molecule has 0 aromatic rings. The lowest BCUT2D eigenvalue weighted by atomic mass is 9.70. The lowest BCUT2D eigenvalue weighted by molar-refractivity contribution is -0.126. The molecular formula is C9H14OS. The first kappa shape index (κ1) is 7.66. The van der Waals surface area contributed by atoms with Gasteiger partial charge >= 0.3 is 0 Å². The summed E-state index contributed by atoms with van der Waals surface area (Å²) in [6.07, 6.45) is 0.814. The molecule has 1 saturated heterocycles. The summed E-state index contributed by atoms with van der Waals surface area (Å²) < 4.78 is 0. The van der Waals surface area contributed by atoms with Crippen LogP contribution in [0.4, 0.5) is 0 Å². The molecular weight excluding hydrogens is 156 g/mol. The van der Waals surface area contributed by atoms with Gasteiger partial charge in [0.2, 0.25) is 0 Å². The highest BCUT2D eigenvalue weighted by Gasteiger charge is 2.62. The van der Waals surface area contributed by atoms with Gasteiger partial charge < -0.3 is 0 Å². The van der Waals surface area contributed by atoms with Crippen molar-refractivity contribution in [3.63, 3.8) is 0 Å². The summed E-state index contributed by atoms with van der Waals surface area (Å²) in [5, 5.41) is 0.597. The van der Waals surface area contributed by atoms with E-state index in [-0.39, 0.29) is 10.8 Å². The topological polar surface area (TPSA) is 17.1 Å². The zero-order valence-corrected chi connectivity index (χ0v) is 8.12. The van der Waals surface area contributed by atoms with E-state index in [9.17, 15) is 4.79 Å². The van der Waals surface area contributed by atoms with E-state index in [0.29, 0.717) is 11.0 Å². The minimum Gasteiger partial charge on any atom is -0.299 e. The van der Waals surface area contributed by atoms with Crippen LogP contribution in [-0.4, -0.2) is 16.8 Å². The predicted molar refractivity (Wildman–Crippen MR) is 47.8 cm³/mol. The summed E-state index contributed by atoms with van der Waals surface area (Å²) in [7, 11) is 0. The largest absolute Gasteiger partial charge is 0.299 e. The summed E-state index contributed by atoms with van der Waals surface area (Å²) >= 11 is 1.98. The Balaban J connectivity index is 2.47. The average Bonchev–Trinajstić information content (AvgIpc) is 2.20. The molecule has 1 saturated carbocycles. The number of rotatable bonds is 0. The van der Waals surface area contributed by atoms with E-state index >= 15 is 0 Å². The second-order valence-corrected chi connectivity index (χ2v) is 5.67. The SMILES string of the molecule is CC12CSC(CC1=O)C2(C)C. The normalized spacial score (nSPS) is 46.8. The van der Waals surface area contributed by atoms with Crippen molar-refractivity contribution in [1.29, 1.82) is 0 Å². The van der Waals surface area contributed by atoms with Gasteiger partial charge in [0, 0.05) is 22.8 Å². The van der Waals surface area contributed by atoms with Gasteiger partial charge in [0.25, 0.3) is 0 Å². The molecule has 2 bridgehead atoms. The van der Waals surface area contributed by atoms with Crippen LogP contribution in [0.5, 0.6) is 0 Å². The van der Waals surface area contributed by atoms with Gasteiger partial charge in [-0.25, -0.2) is 0 Å². The molecule has 1 aliphatic heterocycles. The van der Waals surface area contributed by atoms with Gasteiger partial charge in [-0.1, -0.05) is 20.8 Å². The number of Topliss-reactive ketones (excluding diaryl/α,β-unsaturated/α-hetero) is 1. The molecule has 0 N–H and O–H groups in total. The first-order valence-electron chi connectivity index (χ1n) is 4.13. The third-order valence-corrected chi connectivity index (χ3v) is 5.69. The van der Waals surface area contributed by atoms with Gasteiger partial charge in [-0.2, -0.15) is 11.8 Å². The van der Waals surface area contributed by atoms with Crippen LogP contribution in [0.1, 0.15) is 27.2 Å². The van der Waals surface area contributed by atoms with E-state index in [1.165, 1.54) is 0 Å². The summed E-state index contributed by atoms with van der Waals surface area (Å²) in [6, 6.07) is 0. The maximum Gasteiger partial charge on any atom is 0.141 e. The molecule has 0 radical (unpaired) electrons. The molecule has 1 nitrogen and oxygen atoms in total. The Labute approximate surface area is 71.9 Å². The minimum atomic E-state index is -0.0116. The molecule has 1 heterocycles. The molecule has 2 rings (SSSR count). The smallest absolute Gasteiger partial charge is 0.141 e. The van der Waals surface area contributed by atoms with E-state index in [2.05, 4.69) is 20.8 Å². The molecule has 62 valence electrons. The van der Waals surface area contributed by atoms with Crippen molar-refractivity contribution in [2.45, 2.75) is 32.4 Å². The van der Waals surface area contributed by atoms with Crippen molar-refractivity contribution in [2.24, 2.45) is 10.8 Å². The molecule has 0 amide bonds. The Morgan fingerprint density at radius 2 is 2.09 bits per heavy atom. The standard InChI is InChI=1S/C9H14OS/c1-8(2)7-4-6(10)9(8,3)5-11-7/h7H,4-5H2,1-3H3. The predicted octanol–water partition coefficient (Wildman–Crippen LogP) is 2.11. The zero-order valence-electron chi connectivity index (χ0n) is 7.31. The van der Waals surface area contributed by atoms with Crippen LogP contribution >= 0.6 is 11.8 Å². The van der Waals surface area contributed by atoms with E-state index in [1.807, 2.05) is 11.8 Å². The van der Waals surface area contributed by atoms with Gasteiger partial charge in [0.1, 0.15) is 5.78 Å². The quantitative estimate of drug-likeness (QED) is 0.554. The summed E-state index contributed by atoms with van der Waals surface area (Å²) in [6.45, 7) is 6.61. The van der Waals surface area contributed by atoms with Crippen LogP contribution in [0, 0.1) is 10.8 Å². The summed E-state index contributed by atoms with van der Waals surface area (Å²) in [5.74, 6) is 1.54. The third kappa shape index (κ3) is 0.670. The van der Waals surface area contributed by atoms with Crippen molar-refractivity contribution in [3.05, 3.63) is 0 Å². The third-order valence-electron chi connectivity index (χ3n) is 3.79. The van der Waals surface area contributed by atoms with Crippen LogP contribution in [0.25, 0.3) is 0 Å². The van der Waals surface area contributed by atoms with Gasteiger partial charge in [0.15, 0.2) is 0 Å². The number of hydrogen-bond donors (Lipinski definition) is 0. The number of hydrogen-bond acceptors (Lipinski definition) is 2. The number of fused-ring (bicyclic) bond motifs is 2. The number of carbonyl (C=O) groups is 1. The van der Waals surface area contributed by atoms with Crippen molar-refractivity contribution < 1.29 is 4.79 Å². The molecule has 2 fully saturated rings. The highest BCUT2D eigenvalue weighted by atomic mass is 32.2. The van der Waals surface area contributed by atoms with E-state index in [1.54, 1.807) is 0 Å². The lowest BCUT2D eigenvalue weighted by Gasteiger charge is -2.31. The molecule has 0 spiro atoms. The molecule has 2 heteroatoms. The van der Waals surface area contributed by atoms with Crippen LogP contribution in [0.15, 0.2) is 0 Å². The fraction of sp³-hybridized carbons (Fsp3) is 0.889. The Bertz CT molecular complexity index is 222. The van der Waals surface area contributed by atoms with E-state index in [0.717, 1.165) is 12.2 Å². The maximum absolute atomic E-state index is 11.6. The van der Waals surface area contributed by atoms with Gasteiger partial charge in [0.05, 0.1) is 0 Å².